The minimum absolute atomic E-state index is 0.880. The first-order valence-corrected chi connectivity index (χ1v) is 4.82. The molecule has 1 radical (unpaired) electrons. The molecule has 0 unspecified atom stereocenters. The van der Waals surface area contributed by atoms with Gasteiger partial charge in [-0.1, -0.05) is 6.92 Å². The highest BCUT2D eigenvalue weighted by Crippen LogP contribution is 2.19. The lowest BCUT2D eigenvalue weighted by Gasteiger charge is -2.15. The monoisotopic (exact) mass is 193 g/mol. The number of aromatic nitrogens is 2. The molecule has 0 saturated heterocycles. The fourth-order valence-electron chi connectivity index (χ4n) is 1.25. The van der Waals surface area contributed by atoms with Crippen molar-refractivity contribution in [2.75, 3.05) is 30.9 Å². The van der Waals surface area contributed by atoms with E-state index in [4.69, 9.17) is 0 Å². The third-order valence-electron chi connectivity index (χ3n) is 1.97. The van der Waals surface area contributed by atoms with Gasteiger partial charge in [0.1, 0.15) is 11.6 Å². The third kappa shape index (κ3) is 2.34. The van der Waals surface area contributed by atoms with Crippen molar-refractivity contribution in [1.82, 2.24) is 9.97 Å². The molecule has 0 atom stereocenters. The quantitative estimate of drug-likeness (QED) is 0.786. The second-order valence-corrected chi connectivity index (χ2v) is 3.44. The third-order valence-corrected chi connectivity index (χ3v) is 1.97. The topological polar surface area (TPSA) is 41.1 Å². The molecule has 1 aromatic heterocycles. The number of anilines is 2. The second kappa shape index (κ2) is 4.79. The average molecular weight is 193 g/mol. The van der Waals surface area contributed by atoms with Crippen LogP contribution in [0, 0.1) is 13.3 Å². The van der Waals surface area contributed by atoms with Gasteiger partial charge in [0.2, 0.25) is 6.33 Å². The molecule has 0 saturated carbocycles. The molecule has 0 bridgehead atoms. The van der Waals surface area contributed by atoms with Crippen LogP contribution in [0.4, 0.5) is 11.6 Å². The van der Waals surface area contributed by atoms with E-state index < -0.39 is 0 Å². The van der Waals surface area contributed by atoms with E-state index in [9.17, 15) is 0 Å². The highest BCUT2D eigenvalue weighted by Gasteiger charge is 2.07. The van der Waals surface area contributed by atoms with E-state index in [1.54, 1.807) is 0 Å². The van der Waals surface area contributed by atoms with E-state index in [1.165, 1.54) is 0 Å². The molecule has 0 aliphatic heterocycles. The minimum atomic E-state index is 0.880. The molecular weight excluding hydrogens is 176 g/mol. The Balaban J connectivity index is 2.89. The Morgan fingerprint density at radius 1 is 1.36 bits per heavy atom. The Hall–Kier alpha value is -1.32. The maximum absolute atomic E-state index is 4.10. The molecule has 0 aromatic carbocycles. The van der Waals surface area contributed by atoms with E-state index in [-0.39, 0.29) is 0 Å². The summed E-state index contributed by atoms with van der Waals surface area (Å²) in [6, 6.07) is 0. The van der Waals surface area contributed by atoms with Crippen LogP contribution in [0.25, 0.3) is 0 Å². The Morgan fingerprint density at radius 3 is 2.64 bits per heavy atom. The molecule has 1 heterocycles. The molecule has 0 spiro atoms. The summed E-state index contributed by atoms with van der Waals surface area (Å²) in [6.45, 7) is 5.07. The summed E-state index contributed by atoms with van der Waals surface area (Å²) in [6.07, 6.45) is 3.74. The summed E-state index contributed by atoms with van der Waals surface area (Å²) in [5, 5.41) is 3.25. The van der Waals surface area contributed by atoms with E-state index >= 15 is 0 Å². The summed E-state index contributed by atoms with van der Waals surface area (Å²) in [5.74, 6) is 1.80. The van der Waals surface area contributed by atoms with Gasteiger partial charge in [-0.2, -0.15) is 0 Å². The van der Waals surface area contributed by atoms with Gasteiger partial charge < -0.3 is 10.2 Å². The van der Waals surface area contributed by atoms with Crippen LogP contribution in [-0.2, 0) is 0 Å². The van der Waals surface area contributed by atoms with Crippen molar-refractivity contribution < 1.29 is 0 Å². The van der Waals surface area contributed by atoms with Gasteiger partial charge in [-0.25, -0.2) is 9.97 Å². The first-order valence-electron chi connectivity index (χ1n) is 4.82. The van der Waals surface area contributed by atoms with Crippen LogP contribution in [0.2, 0.25) is 0 Å². The Labute approximate surface area is 85.4 Å². The van der Waals surface area contributed by atoms with E-state index in [1.807, 2.05) is 25.9 Å². The standard InChI is InChI=1S/C10H17N4/c1-5-6-11-9-8(2)10(14(3)4)13-7-12-9/h5-6H2,1-4H3,(H,11,12,13). The van der Waals surface area contributed by atoms with Crippen LogP contribution in [0.3, 0.4) is 0 Å². The molecule has 0 amide bonds. The largest absolute Gasteiger partial charge is 0.370 e. The normalized spacial score (nSPS) is 10.0. The van der Waals surface area contributed by atoms with Crippen molar-refractivity contribution in [2.24, 2.45) is 0 Å². The smallest absolute Gasteiger partial charge is 0.201 e. The average Bonchev–Trinajstić information content (AvgIpc) is 2.16. The molecule has 0 aliphatic rings. The Morgan fingerprint density at radius 2 is 2.07 bits per heavy atom. The molecular formula is C10H17N4. The van der Waals surface area contributed by atoms with Gasteiger partial charge in [-0.05, 0) is 13.3 Å². The lowest BCUT2D eigenvalue weighted by molar-refractivity contribution is 0.947. The second-order valence-electron chi connectivity index (χ2n) is 3.44. The predicted octanol–water partition coefficient (Wildman–Crippen LogP) is 1.47. The number of hydrogen-bond acceptors (Lipinski definition) is 4. The van der Waals surface area contributed by atoms with Crippen molar-refractivity contribution in [3.8, 4) is 0 Å². The van der Waals surface area contributed by atoms with Crippen LogP contribution >= 0.6 is 0 Å². The summed E-state index contributed by atoms with van der Waals surface area (Å²) in [7, 11) is 3.93. The summed E-state index contributed by atoms with van der Waals surface area (Å²) in [4.78, 5) is 10.1. The summed E-state index contributed by atoms with van der Waals surface area (Å²) in [5.41, 5.74) is 1.07. The van der Waals surface area contributed by atoms with Crippen LogP contribution in [0.15, 0.2) is 0 Å². The van der Waals surface area contributed by atoms with Crippen LogP contribution < -0.4 is 10.2 Å². The summed E-state index contributed by atoms with van der Waals surface area (Å²) < 4.78 is 0. The van der Waals surface area contributed by atoms with Crippen LogP contribution in [-0.4, -0.2) is 30.6 Å². The highest BCUT2D eigenvalue weighted by atomic mass is 15.2. The van der Waals surface area contributed by atoms with E-state index in [2.05, 4.69) is 28.5 Å². The van der Waals surface area contributed by atoms with Crippen molar-refractivity contribution in [1.29, 1.82) is 0 Å². The highest BCUT2D eigenvalue weighted by molar-refractivity contribution is 5.56. The fourth-order valence-corrected chi connectivity index (χ4v) is 1.25. The number of nitrogens with zero attached hydrogens (tertiary/aromatic N) is 3. The van der Waals surface area contributed by atoms with Gasteiger partial charge in [0.15, 0.2) is 0 Å². The van der Waals surface area contributed by atoms with E-state index in [0.29, 0.717) is 0 Å². The van der Waals surface area contributed by atoms with Gasteiger partial charge in [0.05, 0.1) is 0 Å². The molecule has 1 rings (SSSR count). The summed E-state index contributed by atoms with van der Waals surface area (Å²) >= 11 is 0. The molecule has 14 heavy (non-hydrogen) atoms. The molecule has 1 N–H and O–H groups in total. The zero-order chi connectivity index (χ0) is 10.6. The minimum Gasteiger partial charge on any atom is -0.370 e. The SMILES string of the molecule is CCCNc1n[c]nc(N(C)C)c1C. The van der Waals surface area contributed by atoms with Gasteiger partial charge in [-0.3, -0.25) is 0 Å². The first-order chi connectivity index (χ1) is 6.66. The maximum Gasteiger partial charge on any atom is 0.201 e. The van der Waals surface area contributed by atoms with Crippen LogP contribution in [0.1, 0.15) is 18.9 Å². The van der Waals surface area contributed by atoms with Gasteiger partial charge in [0.25, 0.3) is 0 Å². The molecule has 1 aromatic rings. The van der Waals surface area contributed by atoms with E-state index in [0.717, 1.165) is 30.2 Å². The molecule has 0 aliphatic carbocycles. The number of nitrogens with one attached hydrogen (secondary N) is 1. The predicted molar refractivity (Wildman–Crippen MR) is 58.7 cm³/mol. The van der Waals surface area contributed by atoms with Crippen molar-refractivity contribution in [3.05, 3.63) is 11.9 Å². The van der Waals surface area contributed by atoms with Gasteiger partial charge in [0, 0.05) is 26.2 Å². The zero-order valence-electron chi connectivity index (χ0n) is 9.26. The Kier molecular flexibility index (Phi) is 3.68. The molecule has 77 valence electrons. The number of hydrogen-bond donors (Lipinski definition) is 1. The van der Waals surface area contributed by atoms with Crippen molar-refractivity contribution in [3.63, 3.8) is 0 Å². The van der Waals surface area contributed by atoms with Crippen molar-refractivity contribution in [2.45, 2.75) is 20.3 Å². The van der Waals surface area contributed by atoms with Gasteiger partial charge >= 0.3 is 0 Å². The fraction of sp³-hybridized carbons (Fsp3) is 0.600. The van der Waals surface area contributed by atoms with Crippen LogP contribution in [0.5, 0.6) is 0 Å². The molecule has 4 nitrogen and oxygen atoms in total. The zero-order valence-corrected chi connectivity index (χ0v) is 9.26. The molecule has 4 heteroatoms. The van der Waals surface area contributed by atoms with Gasteiger partial charge in [-0.15, -0.1) is 0 Å². The van der Waals surface area contributed by atoms with Crippen molar-refractivity contribution >= 4 is 11.6 Å². The lowest BCUT2D eigenvalue weighted by Crippen LogP contribution is -2.14. The Bertz CT molecular complexity index is 296. The lowest BCUT2D eigenvalue weighted by atomic mass is 10.3. The maximum atomic E-state index is 4.10. The first kappa shape index (κ1) is 10.8. The molecule has 0 fully saturated rings. The number of rotatable bonds is 4.